The molecule has 4 rings (SSSR count). The zero-order valence-corrected chi connectivity index (χ0v) is 17.5. The Morgan fingerprint density at radius 2 is 1.97 bits per heavy atom. The fourth-order valence-corrected chi connectivity index (χ4v) is 4.89. The Bertz CT molecular complexity index is 1080. The molecule has 0 saturated heterocycles. The lowest BCUT2D eigenvalue weighted by Gasteiger charge is -2.49. The van der Waals surface area contributed by atoms with Crippen molar-refractivity contribution in [2.24, 2.45) is 0 Å². The maximum absolute atomic E-state index is 14.4. The van der Waals surface area contributed by atoms with Crippen LogP contribution in [0.1, 0.15) is 43.0 Å². The van der Waals surface area contributed by atoms with Crippen molar-refractivity contribution in [1.82, 2.24) is 0 Å². The maximum atomic E-state index is 14.4. The Morgan fingerprint density at radius 1 is 1.26 bits per heavy atom. The smallest absolute Gasteiger partial charge is 0.419 e. The monoisotopic (exact) mass is 456 g/mol. The fourth-order valence-electron chi connectivity index (χ4n) is 4.68. The van der Waals surface area contributed by atoms with E-state index < -0.39 is 46.2 Å². The molecule has 4 N–H and O–H groups in total. The number of aromatic hydroxyl groups is 1. The van der Waals surface area contributed by atoms with Crippen LogP contribution < -0.4 is 10.6 Å². The molecule has 1 aliphatic carbocycles. The molecular weight excluding hydrogens is 436 g/mol. The first-order chi connectivity index (χ1) is 14.4. The third-order valence-corrected chi connectivity index (χ3v) is 6.27. The minimum atomic E-state index is -5.01. The average Bonchev–Trinajstić information content (AvgIpc) is 2.67. The van der Waals surface area contributed by atoms with Gasteiger partial charge in [0.15, 0.2) is 17.2 Å². The van der Waals surface area contributed by atoms with Gasteiger partial charge in [-0.25, -0.2) is 4.39 Å². The Kier molecular flexibility index (Phi) is 4.94. The number of hydrogen-bond acceptors (Lipinski definition) is 4. The number of aliphatic hydroxyl groups is 1. The molecule has 31 heavy (non-hydrogen) atoms. The SMILES string of the molecule is CC1(C)CC(O)(C(F)(F)F)C(Nc2cccc3c2C=CCN3)c2cc(Cl)c(F)c(O)c21. The predicted octanol–water partition coefficient (Wildman–Crippen LogP) is 5.75. The second kappa shape index (κ2) is 7.03. The normalized spacial score (nSPS) is 24.2. The summed E-state index contributed by atoms with van der Waals surface area (Å²) in [6, 6.07) is 4.36. The number of anilines is 2. The summed E-state index contributed by atoms with van der Waals surface area (Å²) in [5, 5.41) is 26.9. The first kappa shape index (κ1) is 21.8. The van der Waals surface area contributed by atoms with E-state index in [1.165, 1.54) is 13.8 Å². The zero-order valence-electron chi connectivity index (χ0n) is 16.7. The highest BCUT2D eigenvalue weighted by Gasteiger charge is 2.64. The molecule has 1 aliphatic heterocycles. The average molecular weight is 457 g/mol. The largest absolute Gasteiger partial charge is 0.505 e. The van der Waals surface area contributed by atoms with Crippen LogP contribution in [0.25, 0.3) is 6.08 Å². The van der Waals surface area contributed by atoms with Crippen molar-refractivity contribution >= 4 is 29.1 Å². The Labute approximate surface area is 181 Å². The van der Waals surface area contributed by atoms with Crippen molar-refractivity contribution in [3.8, 4) is 5.75 Å². The molecule has 2 aromatic rings. The van der Waals surface area contributed by atoms with Crippen LogP contribution in [0.3, 0.4) is 0 Å². The predicted molar refractivity (Wildman–Crippen MR) is 112 cm³/mol. The number of hydrogen-bond donors (Lipinski definition) is 4. The van der Waals surface area contributed by atoms with Gasteiger partial charge in [0.1, 0.15) is 0 Å². The molecule has 0 amide bonds. The molecule has 2 aliphatic rings. The summed E-state index contributed by atoms with van der Waals surface area (Å²) in [5.41, 5.74) is -3.01. The van der Waals surface area contributed by atoms with E-state index in [9.17, 15) is 27.8 Å². The summed E-state index contributed by atoms with van der Waals surface area (Å²) in [6.07, 6.45) is -2.21. The third-order valence-electron chi connectivity index (χ3n) is 5.99. The van der Waals surface area contributed by atoms with Gasteiger partial charge in [-0.2, -0.15) is 13.2 Å². The molecule has 2 aromatic carbocycles. The first-order valence-electron chi connectivity index (χ1n) is 9.67. The summed E-state index contributed by atoms with van der Waals surface area (Å²) in [5.74, 6) is -1.91. The van der Waals surface area contributed by atoms with Crippen molar-refractivity contribution in [2.75, 3.05) is 17.2 Å². The van der Waals surface area contributed by atoms with Crippen LogP contribution in [0.4, 0.5) is 28.9 Å². The second-order valence-electron chi connectivity index (χ2n) is 8.60. The summed E-state index contributed by atoms with van der Waals surface area (Å²) in [6.45, 7) is 3.41. The lowest BCUT2D eigenvalue weighted by molar-refractivity contribution is -0.276. The van der Waals surface area contributed by atoms with Crippen molar-refractivity contribution in [3.05, 3.63) is 57.9 Å². The number of fused-ring (bicyclic) bond motifs is 2. The van der Waals surface area contributed by atoms with E-state index in [-0.39, 0.29) is 11.1 Å². The van der Waals surface area contributed by atoms with Crippen LogP contribution in [0.15, 0.2) is 30.3 Å². The summed E-state index contributed by atoms with van der Waals surface area (Å²) in [4.78, 5) is 0. The van der Waals surface area contributed by atoms with Gasteiger partial charge in [0.2, 0.25) is 0 Å². The second-order valence-corrected chi connectivity index (χ2v) is 9.00. The molecule has 2 unspecified atom stereocenters. The highest BCUT2D eigenvalue weighted by atomic mass is 35.5. The third kappa shape index (κ3) is 3.32. The lowest BCUT2D eigenvalue weighted by atomic mass is 9.63. The van der Waals surface area contributed by atoms with E-state index in [4.69, 9.17) is 11.6 Å². The number of halogens is 5. The van der Waals surface area contributed by atoms with E-state index in [2.05, 4.69) is 10.6 Å². The van der Waals surface area contributed by atoms with Gasteiger partial charge in [-0.3, -0.25) is 0 Å². The number of phenols is 1. The van der Waals surface area contributed by atoms with Gasteiger partial charge < -0.3 is 20.8 Å². The summed E-state index contributed by atoms with van der Waals surface area (Å²) in [7, 11) is 0. The fraction of sp³-hybridized carbons (Fsp3) is 0.364. The molecule has 0 bridgehead atoms. The van der Waals surface area contributed by atoms with Gasteiger partial charge in [0.25, 0.3) is 0 Å². The highest BCUT2D eigenvalue weighted by Crippen LogP contribution is 2.57. The number of phenolic OH excluding ortho intramolecular Hbond substituents is 1. The molecule has 0 fully saturated rings. The van der Waals surface area contributed by atoms with Gasteiger partial charge in [0.05, 0.1) is 11.1 Å². The van der Waals surface area contributed by atoms with Crippen LogP contribution in [0.5, 0.6) is 5.75 Å². The minimum absolute atomic E-state index is 0.0145. The quantitative estimate of drug-likeness (QED) is 0.434. The molecule has 0 spiro atoms. The Hall–Kier alpha value is -2.45. The van der Waals surface area contributed by atoms with Crippen LogP contribution in [-0.4, -0.2) is 28.5 Å². The molecule has 0 aromatic heterocycles. The van der Waals surface area contributed by atoms with Crippen LogP contribution in [-0.2, 0) is 5.41 Å². The van der Waals surface area contributed by atoms with E-state index in [1.54, 1.807) is 24.3 Å². The van der Waals surface area contributed by atoms with E-state index in [0.717, 1.165) is 11.8 Å². The van der Waals surface area contributed by atoms with Crippen molar-refractivity contribution in [1.29, 1.82) is 0 Å². The Morgan fingerprint density at radius 3 is 2.65 bits per heavy atom. The van der Waals surface area contributed by atoms with Crippen LogP contribution >= 0.6 is 11.6 Å². The molecule has 166 valence electrons. The van der Waals surface area contributed by atoms with Gasteiger partial charge in [0, 0.05) is 29.0 Å². The van der Waals surface area contributed by atoms with Crippen molar-refractivity contribution in [3.63, 3.8) is 0 Å². The van der Waals surface area contributed by atoms with Crippen LogP contribution in [0, 0.1) is 5.82 Å². The molecule has 1 heterocycles. The molecule has 9 heteroatoms. The number of benzene rings is 2. The maximum Gasteiger partial charge on any atom is 0.419 e. The topological polar surface area (TPSA) is 64.5 Å². The standard InChI is InChI=1S/C22H21ClF4N2O2/c1-20(2)10-21(31,22(25,26)27)19(12-9-13(23)17(24)18(30)16(12)20)29-15-7-3-6-14-11(15)5-4-8-28-14/h3-7,9,19,28-31H,8,10H2,1-2H3. The molecule has 2 atom stereocenters. The number of nitrogens with one attached hydrogen (secondary N) is 2. The zero-order chi connectivity index (χ0) is 22.8. The van der Waals surface area contributed by atoms with E-state index in [0.29, 0.717) is 17.8 Å². The van der Waals surface area contributed by atoms with Gasteiger partial charge >= 0.3 is 6.18 Å². The minimum Gasteiger partial charge on any atom is -0.505 e. The molecular formula is C22H21ClF4N2O2. The summed E-state index contributed by atoms with van der Waals surface area (Å²) >= 11 is 5.89. The number of rotatable bonds is 2. The van der Waals surface area contributed by atoms with Crippen LogP contribution in [0.2, 0.25) is 5.02 Å². The van der Waals surface area contributed by atoms with Crippen molar-refractivity contribution < 1.29 is 27.8 Å². The summed E-state index contributed by atoms with van der Waals surface area (Å²) < 4.78 is 57.1. The van der Waals surface area contributed by atoms with Gasteiger partial charge in [-0.1, -0.05) is 43.7 Å². The van der Waals surface area contributed by atoms with Gasteiger partial charge in [-0.15, -0.1) is 0 Å². The molecule has 0 saturated carbocycles. The number of alkyl halides is 3. The van der Waals surface area contributed by atoms with Crippen molar-refractivity contribution in [2.45, 2.75) is 43.5 Å². The van der Waals surface area contributed by atoms with E-state index in [1.807, 2.05) is 6.08 Å². The van der Waals surface area contributed by atoms with E-state index >= 15 is 0 Å². The molecule has 0 radical (unpaired) electrons. The first-order valence-corrected chi connectivity index (χ1v) is 10.0. The lowest BCUT2D eigenvalue weighted by Crippen LogP contribution is -2.58. The highest BCUT2D eigenvalue weighted by molar-refractivity contribution is 6.31. The Balaban J connectivity index is 1.96. The van der Waals surface area contributed by atoms with Gasteiger partial charge in [-0.05, 0) is 35.6 Å². The molecule has 4 nitrogen and oxygen atoms in total.